The molecule has 0 radical (unpaired) electrons. The molecule has 8 nitrogen and oxygen atoms in total. The molecule has 2 aromatic heterocycles. The minimum absolute atomic E-state index is 0.0902. The van der Waals surface area contributed by atoms with E-state index in [2.05, 4.69) is 39.1 Å². The lowest BCUT2D eigenvalue weighted by molar-refractivity contribution is -0.120. The first-order valence-corrected chi connectivity index (χ1v) is 12.2. The molecule has 1 aliphatic carbocycles. The van der Waals surface area contributed by atoms with Gasteiger partial charge < -0.3 is 19.1 Å². The number of anilines is 1. The summed E-state index contributed by atoms with van der Waals surface area (Å²) in [5.41, 5.74) is 2.28. The number of carbonyl (C=O) groups is 1. The van der Waals surface area contributed by atoms with Gasteiger partial charge in [-0.05, 0) is 63.3 Å². The highest BCUT2D eigenvalue weighted by Gasteiger charge is 2.35. The zero-order valence-corrected chi connectivity index (χ0v) is 21.1. The molecule has 1 amide bonds. The Labute approximate surface area is 205 Å². The van der Waals surface area contributed by atoms with Crippen molar-refractivity contribution in [2.24, 2.45) is 5.92 Å². The molecular formula is C25H32ClN5O3. The summed E-state index contributed by atoms with van der Waals surface area (Å²) >= 11 is 6.04. The summed E-state index contributed by atoms with van der Waals surface area (Å²) < 4.78 is 13.8. The van der Waals surface area contributed by atoms with Gasteiger partial charge in [0.05, 0.1) is 12.5 Å². The Morgan fingerprint density at radius 3 is 2.65 bits per heavy atom. The van der Waals surface area contributed by atoms with Crippen LogP contribution in [0.15, 0.2) is 28.8 Å². The Morgan fingerprint density at radius 1 is 1.24 bits per heavy atom. The highest BCUT2D eigenvalue weighted by atomic mass is 35.5. The van der Waals surface area contributed by atoms with E-state index in [9.17, 15) is 4.79 Å². The van der Waals surface area contributed by atoms with E-state index < -0.39 is 6.10 Å². The lowest BCUT2D eigenvalue weighted by Gasteiger charge is -2.21. The third-order valence-electron chi connectivity index (χ3n) is 5.59. The van der Waals surface area contributed by atoms with Crippen LogP contribution >= 0.6 is 11.6 Å². The molecule has 9 heteroatoms. The van der Waals surface area contributed by atoms with Gasteiger partial charge in [0.15, 0.2) is 17.3 Å². The summed E-state index contributed by atoms with van der Waals surface area (Å²) in [7, 11) is 0. The van der Waals surface area contributed by atoms with E-state index in [1.165, 1.54) is 0 Å². The van der Waals surface area contributed by atoms with Gasteiger partial charge in [-0.15, -0.1) is 10.2 Å². The van der Waals surface area contributed by atoms with E-state index in [-0.39, 0.29) is 24.5 Å². The number of aromatic nitrogens is 4. The molecule has 182 valence electrons. The van der Waals surface area contributed by atoms with Gasteiger partial charge in [-0.25, -0.2) is 0 Å². The first-order valence-electron chi connectivity index (χ1n) is 11.8. The van der Waals surface area contributed by atoms with Crippen molar-refractivity contribution in [3.63, 3.8) is 0 Å². The normalized spacial score (nSPS) is 14.7. The van der Waals surface area contributed by atoms with Crippen molar-refractivity contribution < 1.29 is 14.1 Å². The topological polar surface area (TPSA) is 95.1 Å². The maximum atomic E-state index is 13.0. The fourth-order valence-corrected chi connectivity index (χ4v) is 4.20. The average molecular weight is 486 g/mol. The summed E-state index contributed by atoms with van der Waals surface area (Å²) in [5.74, 6) is 2.42. The largest absolute Gasteiger partial charge is 0.367 e. The monoisotopic (exact) mass is 485 g/mol. The van der Waals surface area contributed by atoms with Gasteiger partial charge in [-0.2, -0.15) is 0 Å². The second-order valence-corrected chi connectivity index (χ2v) is 10.1. The number of hydrogen-bond acceptors (Lipinski definition) is 6. The standard InChI is InChI=1S/C25H32ClN5O3/c1-14(2)10-19-12-21(30-34-19)24-28-29-25(31(24)18-7-8-18)22(33-15(3)4)13-23(32)27-20-9-6-17(26)11-16(20)5/h6,9,11-12,14-15,18,22H,7-8,10,13H2,1-5H3,(H,27,32)/t22-/m0/s1. The van der Waals surface area contributed by atoms with Crippen LogP contribution in [0.2, 0.25) is 5.02 Å². The summed E-state index contributed by atoms with van der Waals surface area (Å²) in [6, 6.07) is 7.58. The van der Waals surface area contributed by atoms with Gasteiger partial charge in [0.1, 0.15) is 11.9 Å². The van der Waals surface area contributed by atoms with E-state index in [0.29, 0.717) is 28.3 Å². The Hall–Kier alpha value is -2.71. The van der Waals surface area contributed by atoms with Crippen LogP contribution in [0, 0.1) is 12.8 Å². The van der Waals surface area contributed by atoms with Crippen molar-refractivity contribution in [2.75, 3.05) is 5.32 Å². The minimum Gasteiger partial charge on any atom is -0.367 e. The van der Waals surface area contributed by atoms with Gasteiger partial charge in [0, 0.05) is 29.2 Å². The van der Waals surface area contributed by atoms with Crippen molar-refractivity contribution in [2.45, 2.75) is 78.6 Å². The Balaban J connectivity index is 1.60. The average Bonchev–Trinajstić information content (AvgIpc) is 3.32. The summed E-state index contributed by atoms with van der Waals surface area (Å²) in [6.45, 7) is 10.1. The van der Waals surface area contributed by atoms with E-state index in [4.69, 9.17) is 20.9 Å². The summed E-state index contributed by atoms with van der Waals surface area (Å²) in [4.78, 5) is 13.0. The molecule has 1 aromatic carbocycles. The first-order chi connectivity index (χ1) is 16.2. The number of amides is 1. The molecule has 0 spiro atoms. The van der Waals surface area contributed by atoms with Crippen molar-refractivity contribution in [1.82, 2.24) is 19.9 Å². The Morgan fingerprint density at radius 2 is 2.00 bits per heavy atom. The molecule has 1 aliphatic rings. The second-order valence-electron chi connectivity index (χ2n) is 9.64. The highest BCUT2D eigenvalue weighted by molar-refractivity contribution is 6.30. The fourth-order valence-electron chi connectivity index (χ4n) is 3.97. The number of hydrogen-bond donors (Lipinski definition) is 1. The third kappa shape index (κ3) is 5.85. The fraction of sp³-hybridized carbons (Fsp3) is 0.520. The summed E-state index contributed by atoms with van der Waals surface area (Å²) in [6.07, 6.45) is 2.34. The number of nitrogens with one attached hydrogen (secondary N) is 1. The second kappa shape index (κ2) is 10.3. The van der Waals surface area contributed by atoms with Crippen molar-refractivity contribution in [3.05, 3.63) is 46.4 Å². The van der Waals surface area contributed by atoms with Crippen molar-refractivity contribution >= 4 is 23.2 Å². The van der Waals surface area contributed by atoms with Gasteiger partial charge >= 0.3 is 0 Å². The van der Waals surface area contributed by atoms with Crippen LogP contribution in [0.4, 0.5) is 5.69 Å². The SMILES string of the molecule is Cc1cc(Cl)ccc1NC(=O)C[C@H](OC(C)C)c1nnc(-c2cc(CC(C)C)on2)n1C1CC1. The number of rotatable bonds is 10. The zero-order valence-electron chi connectivity index (χ0n) is 20.3. The molecule has 0 aliphatic heterocycles. The van der Waals surface area contributed by atoms with Crippen LogP contribution in [-0.2, 0) is 16.0 Å². The number of carbonyl (C=O) groups excluding carboxylic acids is 1. The van der Waals surface area contributed by atoms with Gasteiger partial charge in [-0.1, -0.05) is 30.6 Å². The van der Waals surface area contributed by atoms with E-state index in [1.807, 2.05) is 32.9 Å². The third-order valence-corrected chi connectivity index (χ3v) is 5.82. The maximum Gasteiger partial charge on any atom is 0.227 e. The van der Waals surface area contributed by atoms with Gasteiger partial charge in [0.25, 0.3) is 0 Å². The number of aryl methyl sites for hydroxylation is 1. The van der Waals surface area contributed by atoms with Crippen LogP contribution in [0.25, 0.3) is 11.5 Å². The maximum absolute atomic E-state index is 13.0. The first kappa shape index (κ1) is 24.4. The molecule has 1 fully saturated rings. The van der Waals surface area contributed by atoms with Crippen molar-refractivity contribution in [1.29, 1.82) is 0 Å². The van der Waals surface area contributed by atoms with Crippen LogP contribution in [0.1, 0.15) is 76.3 Å². The van der Waals surface area contributed by atoms with E-state index >= 15 is 0 Å². The molecule has 34 heavy (non-hydrogen) atoms. The highest BCUT2D eigenvalue weighted by Crippen LogP contribution is 2.41. The number of halogens is 1. The Kier molecular flexibility index (Phi) is 7.38. The minimum atomic E-state index is -0.545. The lowest BCUT2D eigenvalue weighted by atomic mass is 10.1. The van der Waals surface area contributed by atoms with Crippen LogP contribution in [-0.4, -0.2) is 31.9 Å². The molecule has 3 aromatic rings. The molecule has 1 N–H and O–H groups in total. The van der Waals surface area contributed by atoms with Crippen molar-refractivity contribution in [3.8, 4) is 11.5 Å². The predicted molar refractivity (Wildman–Crippen MR) is 131 cm³/mol. The Bertz CT molecular complexity index is 1150. The summed E-state index contributed by atoms with van der Waals surface area (Å²) in [5, 5.41) is 16.8. The van der Waals surface area contributed by atoms with Crippen LogP contribution < -0.4 is 5.32 Å². The molecule has 1 saturated carbocycles. The van der Waals surface area contributed by atoms with Gasteiger partial charge in [-0.3, -0.25) is 4.79 Å². The molecule has 0 unspecified atom stereocenters. The number of nitrogens with zero attached hydrogens (tertiary/aromatic N) is 4. The molecule has 4 rings (SSSR count). The van der Waals surface area contributed by atoms with Gasteiger partial charge in [0.2, 0.25) is 5.91 Å². The molecule has 0 saturated heterocycles. The number of ether oxygens (including phenoxy) is 1. The van der Waals surface area contributed by atoms with Crippen LogP contribution in [0.5, 0.6) is 0 Å². The molecule has 1 atom stereocenters. The van der Waals surface area contributed by atoms with Crippen LogP contribution in [0.3, 0.4) is 0 Å². The lowest BCUT2D eigenvalue weighted by Crippen LogP contribution is -2.22. The molecule has 0 bridgehead atoms. The quantitative estimate of drug-likeness (QED) is 0.382. The number of benzene rings is 1. The molecule has 2 heterocycles. The van der Waals surface area contributed by atoms with E-state index in [0.717, 1.165) is 36.3 Å². The van der Waals surface area contributed by atoms with E-state index in [1.54, 1.807) is 12.1 Å². The zero-order chi connectivity index (χ0) is 24.4. The predicted octanol–water partition coefficient (Wildman–Crippen LogP) is 5.92. The smallest absolute Gasteiger partial charge is 0.227 e. The molecular weight excluding hydrogens is 454 g/mol.